The summed E-state index contributed by atoms with van der Waals surface area (Å²) in [7, 11) is 4.69. The fraction of sp³-hybridized carbons (Fsp3) is 0.320. The number of anilines is 1. The zero-order valence-corrected chi connectivity index (χ0v) is 21.6. The largest absolute Gasteiger partial charge is 0.456 e. The van der Waals surface area contributed by atoms with Crippen molar-refractivity contribution in [3.05, 3.63) is 53.9 Å². The normalized spacial score (nSPS) is 11.9. The molecule has 0 N–H and O–H groups in total. The lowest BCUT2D eigenvalue weighted by atomic mass is 9.98. The molecule has 33 heavy (non-hydrogen) atoms. The summed E-state index contributed by atoms with van der Waals surface area (Å²) in [5, 5.41) is 2.06. The van der Waals surface area contributed by atoms with Crippen molar-refractivity contribution in [2.75, 3.05) is 46.3 Å². The van der Waals surface area contributed by atoms with E-state index >= 15 is 0 Å². The molecule has 0 fully saturated rings. The van der Waals surface area contributed by atoms with Crippen molar-refractivity contribution in [1.82, 2.24) is 4.58 Å². The first kappa shape index (κ1) is 23.7. The maximum Gasteiger partial charge on any atom is 0.371 e. The third-order valence-corrected chi connectivity index (χ3v) is 9.16. The Bertz CT molecular complexity index is 1370. The van der Waals surface area contributed by atoms with Crippen LogP contribution in [0.1, 0.15) is 13.8 Å². The maximum atomic E-state index is 13.4. The molecule has 6 nitrogen and oxygen atoms in total. The van der Waals surface area contributed by atoms with Crippen LogP contribution >= 0.6 is 18.9 Å². The molecule has 2 aliphatic rings. The van der Waals surface area contributed by atoms with E-state index in [4.69, 9.17) is 13.5 Å². The minimum Gasteiger partial charge on any atom is -0.456 e. The van der Waals surface area contributed by atoms with E-state index in [2.05, 4.69) is 45.9 Å². The third-order valence-electron chi connectivity index (χ3n) is 5.43. The zero-order valence-electron chi connectivity index (χ0n) is 19.9. The van der Waals surface area contributed by atoms with Gasteiger partial charge in [0.15, 0.2) is 0 Å². The predicted molar refractivity (Wildman–Crippen MR) is 138 cm³/mol. The first-order chi connectivity index (χ1) is 15.8. The molecule has 1 aliphatic carbocycles. The van der Waals surface area contributed by atoms with Crippen molar-refractivity contribution in [2.45, 2.75) is 13.8 Å². The van der Waals surface area contributed by atoms with Crippen LogP contribution in [-0.2, 0) is 13.6 Å². The van der Waals surface area contributed by atoms with Crippen molar-refractivity contribution in [3.8, 4) is 21.8 Å². The van der Waals surface area contributed by atoms with Crippen LogP contribution in [0, 0.1) is 0 Å². The van der Waals surface area contributed by atoms with Crippen molar-refractivity contribution >= 4 is 40.2 Å². The average Bonchev–Trinajstić information content (AvgIpc) is 3.27. The summed E-state index contributed by atoms with van der Waals surface area (Å²) in [5.41, 5.74) is 3.91. The lowest BCUT2D eigenvalue weighted by Crippen LogP contribution is -2.21. The number of hydrogen-bond donors (Lipinski definition) is 0. The average molecular weight is 486 g/mol. The molecular weight excluding hydrogens is 455 g/mol. The van der Waals surface area contributed by atoms with E-state index in [1.54, 1.807) is 0 Å². The van der Waals surface area contributed by atoms with Gasteiger partial charge in [-0.25, -0.2) is 4.58 Å². The molecule has 1 aromatic carbocycles. The molecule has 4 rings (SSSR count). The summed E-state index contributed by atoms with van der Waals surface area (Å²) >= 11 is 1.45. The van der Waals surface area contributed by atoms with Crippen molar-refractivity contribution in [1.29, 1.82) is 0 Å². The van der Waals surface area contributed by atoms with Crippen molar-refractivity contribution in [2.24, 2.45) is 0 Å². The Balaban J connectivity index is 2.01. The molecule has 2 heterocycles. The van der Waals surface area contributed by atoms with Gasteiger partial charge in [-0.05, 0) is 44.2 Å². The van der Waals surface area contributed by atoms with Gasteiger partial charge in [0.2, 0.25) is 5.36 Å². The molecule has 0 saturated carbocycles. The predicted octanol–water partition coefficient (Wildman–Crippen LogP) is 5.26. The first-order valence-electron chi connectivity index (χ1n) is 11.0. The molecule has 0 atom stereocenters. The number of fused-ring (bicyclic) bond motifs is 2. The Morgan fingerprint density at radius 1 is 1.00 bits per heavy atom. The van der Waals surface area contributed by atoms with E-state index in [1.165, 1.54) is 11.3 Å². The molecule has 1 aliphatic heterocycles. The summed E-state index contributed by atoms with van der Waals surface area (Å²) in [6, 6.07) is 16.3. The quantitative estimate of drug-likeness (QED) is 0.203. The van der Waals surface area contributed by atoms with Crippen LogP contribution < -0.4 is 19.5 Å². The van der Waals surface area contributed by atoms with Gasteiger partial charge in [0.05, 0.1) is 19.3 Å². The fourth-order valence-corrected chi connectivity index (χ4v) is 6.95. The van der Waals surface area contributed by atoms with Crippen LogP contribution in [0.15, 0.2) is 52.9 Å². The molecule has 8 heteroatoms. The number of rotatable bonds is 7. The molecule has 0 saturated heterocycles. The Labute approximate surface area is 198 Å². The number of nitrogens with zero attached hydrogens (tertiary/aromatic N) is 2. The smallest absolute Gasteiger partial charge is 0.371 e. The van der Waals surface area contributed by atoms with Crippen LogP contribution in [0.5, 0.6) is 0 Å². The van der Waals surface area contributed by atoms with Crippen LogP contribution in [0.3, 0.4) is 0 Å². The van der Waals surface area contributed by atoms with Crippen molar-refractivity contribution in [3.63, 3.8) is 0 Å². The third kappa shape index (κ3) is 4.51. The van der Waals surface area contributed by atoms with Gasteiger partial charge in [0, 0.05) is 53.3 Å². The number of benzene rings is 2. The topological polar surface area (TPSA) is 54.9 Å². The Morgan fingerprint density at radius 3 is 2.36 bits per heavy atom. The van der Waals surface area contributed by atoms with E-state index in [-0.39, 0.29) is 0 Å². The summed E-state index contributed by atoms with van der Waals surface area (Å²) in [5.74, 6) is 0.798. The lowest BCUT2D eigenvalue weighted by Gasteiger charge is -2.17. The van der Waals surface area contributed by atoms with E-state index in [9.17, 15) is 4.57 Å². The highest BCUT2D eigenvalue weighted by molar-refractivity contribution is 7.69. The molecule has 174 valence electrons. The number of thiophene rings is 1. The second kappa shape index (κ2) is 9.43. The van der Waals surface area contributed by atoms with Crippen LogP contribution in [0.4, 0.5) is 5.69 Å². The summed E-state index contributed by atoms with van der Waals surface area (Å²) in [4.78, 5) is 3.05. The Hall–Kier alpha value is -2.44. The lowest BCUT2D eigenvalue weighted by molar-refractivity contribution is 0.230. The van der Waals surface area contributed by atoms with Gasteiger partial charge in [-0.2, -0.15) is 0 Å². The fourth-order valence-electron chi connectivity index (χ4n) is 3.80. The van der Waals surface area contributed by atoms with Gasteiger partial charge in [-0.15, -0.1) is 11.3 Å². The molecule has 0 amide bonds. The summed E-state index contributed by atoms with van der Waals surface area (Å²) in [6.45, 7) is 4.29. The highest BCUT2D eigenvalue weighted by atomic mass is 32.1. The molecule has 0 radical (unpaired) electrons. The first-order valence-corrected chi connectivity index (χ1v) is 13.3. The second-order valence-electron chi connectivity index (χ2n) is 8.10. The van der Waals surface area contributed by atoms with Gasteiger partial charge in [0.1, 0.15) is 30.1 Å². The maximum absolute atomic E-state index is 13.4. The van der Waals surface area contributed by atoms with Crippen LogP contribution in [0.2, 0.25) is 0 Å². The summed E-state index contributed by atoms with van der Waals surface area (Å²) < 4.78 is 33.6. The Morgan fingerprint density at radius 2 is 1.73 bits per heavy atom. The van der Waals surface area contributed by atoms with Gasteiger partial charge in [-0.3, -0.25) is 4.57 Å². The van der Waals surface area contributed by atoms with Crippen molar-refractivity contribution < 1.29 is 18.0 Å². The zero-order chi connectivity index (χ0) is 23.8. The second-order valence-corrected chi connectivity index (χ2v) is 11.5. The van der Waals surface area contributed by atoms with Crippen LogP contribution in [-0.4, -0.2) is 41.4 Å². The molecule has 0 spiro atoms. The molecule has 0 unspecified atom stereocenters. The molecule has 1 aromatic heterocycles. The van der Waals surface area contributed by atoms with E-state index in [0.717, 1.165) is 43.8 Å². The summed E-state index contributed by atoms with van der Waals surface area (Å²) in [6.07, 6.45) is 0. The van der Waals surface area contributed by atoms with Gasteiger partial charge >= 0.3 is 7.60 Å². The standard InChI is InChI=1S/C25H30N2O4PS/c1-7-29-32(28,30-8-2)24-14-13-23(33-24)25-19-11-9-17(26(3)4)15-21(19)31-22-16-18(27(5)6)10-12-20(22)25/h9-16H,7-8H2,1-6H3/q+1. The Kier molecular flexibility index (Phi) is 6.78. The van der Waals surface area contributed by atoms with Gasteiger partial charge in [0.25, 0.3) is 0 Å². The van der Waals surface area contributed by atoms with Gasteiger partial charge < -0.3 is 18.4 Å². The SMILES string of the molecule is CCOP(=O)(OCC)c1ccc(-c2c3ccc(=[N+](C)C)cc-3oc3cc(N(C)C)ccc23)s1. The minimum absolute atomic E-state index is 0.321. The highest BCUT2D eigenvalue weighted by Gasteiger charge is 2.30. The molecular formula is C25H30N2O4PS+. The van der Waals surface area contributed by atoms with Crippen LogP contribution in [0.25, 0.3) is 32.7 Å². The molecule has 2 aromatic rings. The highest BCUT2D eigenvalue weighted by Crippen LogP contribution is 2.51. The number of hydrogen-bond acceptors (Lipinski definition) is 6. The minimum atomic E-state index is -3.35. The molecule has 0 bridgehead atoms. The van der Waals surface area contributed by atoms with E-state index in [1.807, 2.05) is 54.2 Å². The van der Waals surface area contributed by atoms with Gasteiger partial charge in [-0.1, -0.05) is 0 Å². The van der Waals surface area contributed by atoms with E-state index < -0.39 is 7.60 Å². The van der Waals surface area contributed by atoms with E-state index in [0.29, 0.717) is 17.8 Å². The monoisotopic (exact) mass is 485 g/mol.